The minimum Gasteiger partial charge on any atom is -0.391 e. The summed E-state index contributed by atoms with van der Waals surface area (Å²) in [4.78, 5) is 0. The van der Waals surface area contributed by atoms with Gasteiger partial charge in [0.15, 0.2) is 0 Å². The minimum atomic E-state index is -0.856. The standard InChI is InChI=1S/C20H44O2Si/c1-5-6-17-23(3,4)18-15-13-11-9-7-8-10-12-14-16-22-19-20(2)21/h20-21H,5-19H2,1-4H3. The van der Waals surface area contributed by atoms with Crippen LogP contribution < -0.4 is 0 Å². The fraction of sp³-hybridized carbons (Fsp3) is 1.00. The molecular weight excluding hydrogens is 300 g/mol. The van der Waals surface area contributed by atoms with E-state index >= 15 is 0 Å². The normalized spacial score (nSPS) is 13.4. The Morgan fingerprint density at radius 2 is 1.26 bits per heavy atom. The molecule has 0 aliphatic heterocycles. The second kappa shape index (κ2) is 15.7. The molecule has 0 saturated heterocycles. The Hall–Kier alpha value is 0.137. The Balaban J connectivity index is 3.19. The third-order valence-corrected chi connectivity index (χ3v) is 8.12. The Kier molecular flexibility index (Phi) is 15.7. The zero-order valence-electron chi connectivity index (χ0n) is 16.5. The molecule has 140 valence electrons. The van der Waals surface area contributed by atoms with Gasteiger partial charge in [-0.1, -0.05) is 96.3 Å². The molecule has 0 aromatic carbocycles. The SMILES string of the molecule is CCCC[Si](C)(C)CCCCCCCCCCCOCC(C)O. The molecule has 0 aromatic rings. The lowest BCUT2D eigenvalue weighted by atomic mass is 10.1. The number of aliphatic hydroxyl groups excluding tert-OH is 1. The van der Waals surface area contributed by atoms with Gasteiger partial charge in [-0.15, -0.1) is 0 Å². The third kappa shape index (κ3) is 18.3. The van der Waals surface area contributed by atoms with E-state index in [9.17, 15) is 0 Å². The lowest BCUT2D eigenvalue weighted by molar-refractivity contribution is 0.0445. The number of hydrogen-bond acceptors (Lipinski definition) is 2. The lowest BCUT2D eigenvalue weighted by Crippen LogP contribution is -2.24. The van der Waals surface area contributed by atoms with Gasteiger partial charge in [0, 0.05) is 14.7 Å². The van der Waals surface area contributed by atoms with E-state index < -0.39 is 8.07 Å². The predicted octanol–water partition coefficient (Wildman–Crippen LogP) is 6.40. The number of rotatable bonds is 17. The van der Waals surface area contributed by atoms with Crippen LogP contribution in [0.25, 0.3) is 0 Å². The summed E-state index contributed by atoms with van der Waals surface area (Å²) in [6.45, 7) is 10.5. The zero-order chi connectivity index (χ0) is 17.4. The number of ether oxygens (including phenoxy) is 1. The van der Waals surface area contributed by atoms with E-state index in [1.807, 2.05) is 0 Å². The van der Waals surface area contributed by atoms with E-state index in [1.54, 1.807) is 13.0 Å². The topological polar surface area (TPSA) is 29.5 Å². The van der Waals surface area contributed by atoms with Crippen LogP contribution in [0.4, 0.5) is 0 Å². The van der Waals surface area contributed by atoms with Gasteiger partial charge >= 0.3 is 0 Å². The summed E-state index contributed by atoms with van der Waals surface area (Å²) in [6, 6.07) is 3.07. The highest BCUT2D eigenvalue weighted by Gasteiger charge is 2.18. The Morgan fingerprint density at radius 1 is 0.783 bits per heavy atom. The van der Waals surface area contributed by atoms with Gasteiger partial charge < -0.3 is 9.84 Å². The van der Waals surface area contributed by atoms with Gasteiger partial charge in [0.1, 0.15) is 0 Å². The molecule has 1 atom stereocenters. The van der Waals surface area contributed by atoms with Crippen LogP contribution in [0.5, 0.6) is 0 Å². The second-order valence-corrected chi connectivity index (χ2v) is 13.5. The first-order chi connectivity index (χ1) is 11.0. The van der Waals surface area contributed by atoms with Crippen LogP contribution in [0.15, 0.2) is 0 Å². The van der Waals surface area contributed by atoms with E-state index in [0.717, 1.165) is 13.0 Å². The van der Waals surface area contributed by atoms with Gasteiger partial charge in [-0.2, -0.15) is 0 Å². The number of hydrogen-bond donors (Lipinski definition) is 1. The van der Waals surface area contributed by atoms with E-state index in [1.165, 1.54) is 70.3 Å². The first kappa shape index (κ1) is 23.1. The van der Waals surface area contributed by atoms with Gasteiger partial charge in [-0.05, 0) is 13.3 Å². The van der Waals surface area contributed by atoms with Crippen molar-refractivity contribution in [2.75, 3.05) is 13.2 Å². The average molecular weight is 345 g/mol. The molecule has 1 unspecified atom stereocenters. The highest BCUT2D eigenvalue weighted by atomic mass is 28.3. The summed E-state index contributed by atoms with van der Waals surface area (Å²) >= 11 is 0. The van der Waals surface area contributed by atoms with E-state index in [2.05, 4.69) is 20.0 Å². The summed E-state index contributed by atoms with van der Waals surface area (Å²) in [6.07, 6.45) is 14.8. The van der Waals surface area contributed by atoms with Gasteiger partial charge in [-0.25, -0.2) is 0 Å². The van der Waals surface area contributed by atoms with Crippen molar-refractivity contribution in [1.82, 2.24) is 0 Å². The molecule has 0 aromatic heterocycles. The molecule has 0 fully saturated rings. The Bertz CT molecular complexity index is 242. The fourth-order valence-corrected chi connectivity index (χ4v) is 5.85. The van der Waals surface area contributed by atoms with E-state index in [4.69, 9.17) is 9.84 Å². The Labute approximate surface area is 147 Å². The first-order valence-electron chi connectivity index (χ1n) is 10.2. The molecule has 2 nitrogen and oxygen atoms in total. The first-order valence-corrected chi connectivity index (χ1v) is 13.6. The van der Waals surface area contributed by atoms with Crippen molar-refractivity contribution in [3.05, 3.63) is 0 Å². The van der Waals surface area contributed by atoms with Gasteiger partial charge in [-0.3, -0.25) is 0 Å². The summed E-state index contributed by atoms with van der Waals surface area (Å²) in [5.74, 6) is 0. The van der Waals surface area contributed by atoms with Crippen LogP contribution >= 0.6 is 0 Å². The maximum Gasteiger partial charge on any atom is 0.0745 e. The predicted molar refractivity (Wildman–Crippen MR) is 106 cm³/mol. The largest absolute Gasteiger partial charge is 0.391 e. The lowest BCUT2D eigenvalue weighted by Gasteiger charge is -2.21. The van der Waals surface area contributed by atoms with Crippen LogP contribution in [0, 0.1) is 0 Å². The molecule has 23 heavy (non-hydrogen) atoms. The van der Waals surface area contributed by atoms with Crippen molar-refractivity contribution >= 4 is 8.07 Å². The monoisotopic (exact) mass is 344 g/mol. The van der Waals surface area contributed by atoms with E-state index in [0.29, 0.717) is 6.61 Å². The fourth-order valence-electron chi connectivity index (χ4n) is 3.08. The Morgan fingerprint density at radius 3 is 1.78 bits per heavy atom. The maximum atomic E-state index is 9.07. The molecule has 0 aliphatic carbocycles. The highest BCUT2D eigenvalue weighted by Crippen LogP contribution is 2.22. The molecule has 1 N–H and O–H groups in total. The van der Waals surface area contributed by atoms with Crippen molar-refractivity contribution in [2.45, 2.75) is 116 Å². The molecule has 0 spiro atoms. The van der Waals surface area contributed by atoms with Crippen molar-refractivity contribution < 1.29 is 9.84 Å². The molecule has 3 heteroatoms. The van der Waals surface area contributed by atoms with Gasteiger partial charge in [0.25, 0.3) is 0 Å². The second-order valence-electron chi connectivity index (χ2n) is 8.12. The molecule has 0 amide bonds. The van der Waals surface area contributed by atoms with Crippen LogP contribution in [-0.4, -0.2) is 32.5 Å². The quantitative estimate of drug-likeness (QED) is 0.244. The van der Waals surface area contributed by atoms with Gasteiger partial charge in [0.05, 0.1) is 12.7 Å². The molecule has 0 aliphatic rings. The molecule has 0 radical (unpaired) electrons. The highest BCUT2D eigenvalue weighted by molar-refractivity contribution is 6.77. The molecule has 0 saturated carbocycles. The summed E-state index contributed by atoms with van der Waals surface area (Å²) < 4.78 is 5.37. The van der Waals surface area contributed by atoms with Crippen LogP contribution in [0.2, 0.25) is 25.2 Å². The number of aliphatic hydroxyl groups is 1. The maximum absolute atomic E-state index is 9.07. The summed E-state index contributed by atoms with van der Waals surface area (Å²) in [7, 11) is -0.856. The van der Waals surface area contributed by atoms with Crippen molar-refractivity contribution in [1.29, 1.82) is 0 Å². The summed E-state index contributed by atoms with van der Waals surface area (Å²) in [5, 5.41) is 9.07. The molecule has 0 rings (SSSR count). The minimum absolute atomic E-state index is 0.324. The smallest absolute Gasteiger partial charge is 0.0745 e. The summed E-state index contributed by atoms with van der Waals surface area (Å²) in [5.41, 5.74) is 0. The van der Waals surface area contributed by atoms with Crippen molar-refractivity contribution in [3.63, 3.8) is 0 Å². The third-order valence-electron chi connectivity index (χ3n) is 4.71. The van der Waals surface area contributed by atoms with Crippen LogP contribution in [-0.2, 0) is 4.74 Å². The molecular formula is C20H44O2Si. The van der Waals surface area contributed by atoms with Gasteiger partial charge in [0.2, 0.25) is 0 Å². The average Bonchev–Trinajstić information content (AvgIpc) is 2.49. The van der Waals surface area contributed by atoms with Crippen molar-refractivity contribution in [3.8, 4) is 0 Å². The molecule has 0 heterocycles. The zero-order valence-corrected chi connectivity index (χ0v) is 17.5. The van der Waals surface area contributed by atoms with Crippen molar-refractivity contribution in [2.24, 2.45) is 0 Å². The van der Waals surface area contributed by atoms with Crippen LogP contribution in [0.1, 0.15) is 84.5 Å². The van der Waals surface area contributed by atoms with E-state index in [-0.39, 0.29) is 6.10 Å². The van der Waals surface area contributed by atoms with Crippen LogP contribution in [0.3, 0.4) is 0 Å². The molecule has 0 bridgehead atoms. The number of unbranched alkanes of at least 4 members (excludes halogenated alkanes) is 9.